The summed E-state index contributed by atoms with van der Waals surface area (Å²) >= 11 is 2.95. The van der Waals surface area contributed by atoms with Gasteiger partial charge >= 0.3 is 0 Å². The molecule has 1 atom stereocenters. The van der Waals surface area contributed by atoms with Crippen LogP contribution in [0.3, 0.4) is 0 Å². The van der Waals surface area contributed by atoms with Gasteiger partial charge in [0.1, 0.15) is 0 Å². The molecule has 0 fully saturated rings. The van der Waals surface area contributed by atoms with Crippen molar-refractivity contribution in [1.82, 2.24) is 10.2 Å². The summed E-state index contributed by atoms with van der Waals surface area (Å²) in [6.07, 6.45) is 0. The van der Waals surface area contributed by atoms with Crippen molar-refractivity contribution in [2.75, 3.05) is 11.1 Å². The number of nitrogens with two attached hydrogens (primary N) is 1. The van der Waals surface area contributed by atoms with Crippen molar-refractivity contribution in [3.63, 3.8) is 0 Å². The van der Waals surface area contributed by atoms with E-state index in [0.29, 0.717) is 5.13 Å². The van der Waals surface area contributed by atoms with Crippen molar-refractivity contribution in [2.24, 2.45) is 5.73 Å². The summed E-state index contributed by atoms with van der Waals surface area (Å²) in [6, 6.07) is -0.527. The second-order valence-corrected chi connectivity index (χ2v) is 5.07. The van der Waals surface area contributed by atoms with Gasteiger partial charge in [0.05, 0.1) is 6.04 Å². The quantitative estimate of drug-likeness (QED) is 0.637. The third-order valence-electron chi connectivity index (χ3n) is 1.32. The van der Waals surface area contributed by atoms with Gasteiger partial charge in [0.15, 0.2) is 4.34 Å². The van der Waals surface area contributed by atoms with Gasteiger partial charge in [-0.3, -0.25) is 10.1 Å². The number of halogens is 1. The van der Waals surface area contributed by atoms with Crippen LogP contribution >= 0.6 is 35.5 Å². The molecule has 0 unspecified atom stereocenters. The molecule has 5 nitrogen and oxygen atoms in total. The third kappa shape index (κ3) is 4.78. The van der Waals surface area contributed by atoms with Crippen molar-refractivity contribution < 1.29 is 4.79 Å². The molecule has 1 aromatic rings. The van der Waals surface area contributed by atoms with Crippen LogP contribution in [-0.4, -0.2) is 27.9 Å². The number of rotatable bonds is 4. The number of carbonyl (C=O) groups excluding carboxylic acids is 1. The SMILES string of the molecule is CCSc1nnc(NC(=O)[C@@H](C)N)s1.Cl. The van der Waals surface area contributed by atoms with Gasteiger partial charge in [-0.1, -0.05) is 30.0 Å². The zero-order valence-corrected chi connectivity index (χ0v) is 10.8. The van der Waals surface area contributed by atoms with E-state index in [2.05, 4.69) is 15.5 Å². The number of hydrogen-bond donors (Lipinski definition) is 2. The number of carbonyl (C=O) groups is 1. The topological polar surface area (TPSA) is 80.9 Å². The summed E-state index contributed by atoms with van der Waals surface area (Å²) in [5.41, 5.74) is 5.39. The van der Waals surface area contributed by atoms with Gasteiger partial charge in [-0.15, -0.1) is 22.6 Å². The monoisotopic (exact) mass is 268 g/mol. The Morgan fingerprint density at radius 2 is 2.33 bits per heavy atom. The predicted octanol–water partition coefficient (Wildman–Crippen LogP) is 1.36. The van der Waals surface area contributed by atoms with Gasteiger partial charge in [0.25, 0.3) is 0 Å². The first-order valence-electron chi connectivity index (χ1n) is 4.16. The Labute approximate surface area is 103 Å². The number of aromatic nitrogens is 2. The fourth-order valence-electron chi connectivity index (χ4n) is 0.661. The second kappa shape index (κ2) is 7.00. The number of thioether (sulfide) groups is 1. The van der Waals surface area contributed by atoms with Gasteiger partial charge in [0, 0.05) is 0 Å². The van der Waals surface area contributed by atoms with Crippen LogP contribution in [0.1, 0.15) is 13.8 Å². The van der Waals surface area contributed by atoms with E-state index in [1.54, 1.807) is 18.7 Å². The maximum Gasteiger partial charge on any atom is 0.242 e. The molecule has 0 saturated heterocycles. The molecular formula is C7H13ClN4OS2. The maximum atomic E-state index is 11.2. The molecule has 0 aromatic carbocycles. The fraction of sp³-hybridized carbons (Fsp3) is 0.571. The number of nitrogens with zero attached hydrogens (tertiary/aromatic N) is 2. The molecule has 0 aliphatic heterocycles. The Bertz CT molecular complexity index is 318. The first-order chi connectivity index (χ1) is 6.63. The average molecular weight is 269 g/mol. The molecule has 1 aromatic heterocycles. The van der Waals surface area contributed by atoms with Crippen LogP contribution in [0.2, 0.25) is 0 Å². The van der Waals surface area contributed by atoms with Crippen LogP contribution in [0.25, 0.3) is 0 Å². The number of anilines is 1. The summed E-state index contributed by atoms with van der Waals surface area (Å²) in [5.74, 6) is 0.699. The molecule has 86 valence electrons. The lowest BCUT2D eigenvalue weighted by Gasteiger charge is -2.02. The average Bonchev–Trinajstić information content (AvgIpc) is 2.53. The Morgan fingerprint density at radius 3 is 2.87 bits per heavy atom. The number of amides is 1. The zero-order valence-electron chi connectivity index (χ0n) is 8.39. The summed E-state index contributed by atoms with van der Waals surface area (Å²) in [5, 5.41) is 10.8. The number of nitrogens with one attached hydrogen (secondary N) is 1. The van der Waals surface area contributed by atoms with E-state index in [1.165, 1.54) is 11.3 Å². The third-order valence-corrected chi connectivity index (χ3v) is 3.17. The highest BCUT2D eigenvalue weighted by Crippen LogP contribution is 2.24. The minimum absolute atomic E-state index is 0. The summed E-state index contributed by atoms with van der Waals surface area (Å²) < 4.78 is 0.854. The van der Waals surface area contributed by atoms with Crippen LogP contribution in [0.4, 0.5) is 5.13 Å². The van der Waals surface area contributed by atoms with Gasteiger partial charge < -0.3 is 5.73 Å². The van der Waals surface area contributed by atoms with Gasteiger partial charge in [0.2, 0.25) is 11.0 Å². The molecule has 0 aliphatic rings. The molecule has 0 spiro atoms. The smallest absolute Gasteiger partial charge is 0.242 e. The lowest BCUT2D eigenvalue weighted by Crippen LogP contribution is -2.32. The number of hydrogen-bond acceptors (Lipinski definition) is 6. The standard InChI is InChI=1S/C7H12N4OS2.ClH/c1-3-13-7-11-10-6(14-7)9-5(12)4(2)8;/h4H,3,8H2,1-2H3,(H,9,10,12);1H/t4-;/m1./s1. The Kier molecular flexibility index (Phi) is 6.82. The van der Waals surface area contributed by atoms with Crippen molar-refractivity contribution in [3.05, 3.63) is 0 Å². The first kappa shape index (κ1) is 14.6. The summed E-state index contributed by atoms with van der Waals surface area (Å²) in [4.78, 5) is 11.2. The van der Waals surface area contributed by atoms with Crippen molar-refractivity contribution in [1.29, 1.82) is 0 Å². The van der Waals surface area contributed by atoms with Gasteiger partial charge in [-0.25, -0.2) is 0 Å². The lowest BCUT2D eigenvalue weighted by molar-refractivity contribution is -0.117. The molecule has 0 radical (unpaired) electrons. The van der Waals surface area contributed by atoms with Crippen LogP contribution in [0.5, 0.6) is 0 Å². The van der Waals surface area contributed by atoms with Crippen molar-refractivity contribution in [3.8, 4) is 0 Å². The molecule has 0 bridgehead atoms. The molecular weight excluding hydrogens is 256 g/mol. The van der Waals surface area contributed by atoms with Crippen molar-refractivity contribution in [2.45, 2.75) is 24.2 Å². The van der Waals surface area contributed by atoms with Crippen LogP contribution in [0.15, 0.2) is 4.34 Å². The van der Waals surface area contributed by atoms with Crippen molar-refractivity contribution >= 4 is 46.5 Å². The molecule has 1 amide bonds. The van der Waals surface area contributed by atoms with Crippen LogP contribution in [-0.2, 0) is 4.79 Å². The molecule has 0 aliphatic carbocycles. The molecule has 15 heavy (non-hydrogen) atoms. The first-order valence-corrected chi connectivity index (χ1v) is 5.96. The van der Waals surface area contributed by atoms with Crippen LogP contribution in [0, 0.1) is 0 Å². The normalized spacial score (nSPS) is 11.7. The van der Waals surface area contributed by atoms with E-state index in [-0.39, 0.29) is 18.3 Å². The van der Waals surface area contributed by atoms with Crippen LogP contribution < -0.4 is 11.1 Å². The highest BCUT2D eigenvalue weighted by atomic mass is 35.5. The summed E-state index contributed by atoms with van der Waals surface area (Å²) in [6.45, 7) is 3.66. The van der Waals surface area contributed by atoms with E-state index >= 15 is 0 Å². The Hall–Kier alpha value is -0.370. The fourth-order valence-corrected chi connectivity index (χ4v) is 2.31. The van der Waals surface area contributed by atoms with E-state index in [4.69, 9.17) is 5.73 Å². The predicted molar refractivity (Wildman–Crippen MR) is 65.8 cm³/mol. The second-order valence-electron chi connectivity index (χ2n) is 2.58. The van der Waals surface area contributed by atoms with Gasteiger partial charge in [-0.05, 0) is 12.7 Å². The molecule has 1 rings (SSSR count). The maximum absolute atomic E-state index is 11.2. The minimum atomic E-state index is -0.527. The molecule has 0 saturated carbocycles. The Morgan fingerprint density at radius 1 is 1.67 bits per heavy atom. The van der Waals surface area contributed by atoms with Gasteiger partial charge in [-0.2, -0.15) is 0 Å². The highest BCUT2D eigenvalue weighted by Gasteiger charge is 2.10. The zero-order chi connectivity index (χ0) is 10.6. The summed E-state index contributed by atoms with van der Waals surface area (Å²) in [7, 11) is 0. The Balaban J connectivity index is 0.00000196. The molecule has 1 heterocycles. The largest absolute Gasteiger partial charge is 0.320 e. The minimum Gasteiger partial charge on any atom is -0.320 e. The van der Waals surface area contributed by atoms with E-state index in [0.717, 1.165) is 10.1 Å². The molecule has 8 heteroatoms. The lowest BCUT2D eigenvalue weighted by atomic mass is 10.3. The highest BCUT2D eigenvalue weighted by molar-refractivity contribution is 8.01. The van der Waals surface area contributed by atoms with E-state index < -0.39 is 6.04 Å². The van der Waals surface area contributed by atoms with E-state index in [9.17, 15) is 4.79 Å². The van der Waals surface area contributed by atoms with E-state index in [1.807, 2.05) is 6.92 Å². The molecule has 3 N–H and O–H groups in total.